The van der Waals surface area contributed by atoms with Crippen molar-refractivity contribution in [3.05, 3.63) is 64.3 Å². The van der Waals surface area contributed by atoms with Crippen LogP contribution in [0.1, 0.15) is 61.2 Å². The molecule has 10 nitrogen and oxygen atoms in total. The third kappa shape index (κ3) is 4.60. The quantitative estimate of drug-likeness (QED) is 0.343. The van der Waals surface area contributed by atoms with Crippen LogP contribution in [0.4, 0.5) is 10.2 Å². The number of halogens is 2. The highest BCUT2D eigenvalue weighted by atomic mass is 35.5. The molecule has 0 bridgehead atoms. The maximum atomic E-state index is 14.2. The molecule has 4 aromatic rings. The van der Waals surface area contributed by atoms with E-state index in [-0.39, 0.29) is 35.4 Å². The molecule has 0 atom stereocenters. The van der Waals surface area contributed by atoms with E-state index in [9.17, 15) is 23.9 Å². The summed E-state index contributed by atoms with van der Waals surface area (Å²) in [4.78, 5) is 45.8. The molecule has 4 heterocycles. The SMILES string of the molecule is CC(C)(C)c1cc(-c2ccc(Cl)c(F)c2)nc2cc(C(=O)N3CCN(c4cc(C(=O)O)[nH]n4)C(=O)C3(C)C)oc12. The molecule has 0 radical (unpaired) electrons. The summed E-state index contributed by atoms with van der Waals surface area (Å²) in [6.45, 7) is 9.45. The lowest BCUT2D eigenvalue weighted by atomic mass is 9.86. The number of carbonyl (C=O) groups excluding carboxylic acids is 2. The van der Waals surface area contributed by atoms with Gasteiger partial charge in [0.1, 0.15) is 22.6 Å². The zero-order valence-corrected chi connectivity index (χ0v) is 23.3. The summed E-state index contributed by atoms with van der Waals surface area (Å²) in [5.41, 5.74) is 0.795. The van der Waals surface area contributed by atoms with Gasteiger partial charge in [0.25, 0.3) is 11.8 Å². The maximum Gasteiger partial charge on any atom is 0.353 e. The fraction of sp³-hybridized carbons (Fsp3) is 0.321. The van der Waals surface area contributed by atoms with Gasteiger partial charge in [-0.25, -0.2) is 14.2 Å². The van der Waals surface area contributed by atoms with Crippen LogP contribution in [0.2, 0.25) is 5.02 Å². The van der Waals surface area contributed by atoms with Gasteiger partial charge < -0.3 is 14.4 Å². The van der Waals surface area contributed by atoms with Crippen LogP contribution in [0.3, 0.4) is 0 Å². The number of piperazine rings is 1. The van der Waals surface area contributed by atoms with Gasteiger partial charge in [-0.15, -0.1) is 0 Å². The molecular weight excluding hydrogens is 541 g/mol. The first kappa shape index (κ1) is 27.3. The number of carboxylic acid groups (broad SMARTS) is 1. The highest BCUT2D eigenvalue weighted by Gasteiger charge is 2.46. The van der Waals surface area contributed by atoms with Crippen LogP contribution < -0.4 is 4.90 Å². The van der Waals surface area contributed by atoms with Crippen molar-refractivity contribution in [2.75, 3.05) is 18.0 Å². The molecule has 0 saturated carbocycles. The average molecular weight is 568 g/mol. The number of aromatic carboxylic acids is 1. The summed E-state index contributed by atoms with van der Waals surface area (Å²) < 4.78 is 20.3. The average Bonchev–Trinajstić information content (AvgIpc) is 3.53. The number of amides is 2. The summed E-state index contributed by atoms with van der Waals surface area (Å²) in [6, 6.07) is 9.05. The maximum absolute atomic E-state index is 14.2. The molecular formula is C28H27ClFN5O5. The van der Waals surface area contributed by atoms with Gasteiger partial charge in [0.05, 0.1) is 10.7 Å². The standard InChI is InChI=1S/C28H27ClFN5O5/c1-27(2,3)15-11-18(14-6-7-16(29)17(30)10-14)31-19-12-21(40-23(15)19)24(36)35-9-8-34(26(39)28(35,4)5)22-13-20(25(37)38)32-33-22/h6-7,10-13H,8-9H2,1-5H3,(H,32,33)(H,37,38). The molecule has 0 spiro atoms. The van der Waals surface area contributed by atoms with Crippen molar-refractivity contribution < 1.29 is 28.3 Å². The molecule has 1 fully saturated rings. The fourth-order valence-electron chi connectivity index (χ4n) is 4.78. The normalized spacial score (nSPS) is 15.6. The van der Waals surface area contributed by atoms with Gasteiger partial charge in [0.2, 0.25) is 0 Å². The van der Waals surface area contributed by atoms with Crippen molar-refractivity contribution in [3.8, 4) is 11.3 Å². The molecule has 2 amide bonds. The highest BCUT2D eigenvalue weighted by Crippen LogP contribution is 2.36. The number of aromatic amines is 1. The molecule has 40 heavy (non-hydrogen) atoms. The molecule has 0 unspecified atom stereocenters. The number of nitrogens with zero attached hydrogens (tertiary/aromatic N) is 4. The minimum absolute atomic E-state index is 0.00365. The van der Waals surface area contributed by atoms with E-state index in [1.807, 2.05) is 26.8 Å². The lowest BCUT2D eigenvalue weighted by Gasteiger charge is -2.44. The third-order valence-electron chi connectivity index (χ3n) is 7.02. The zero-order valence-electron chi connectivity index (χ0n) is 22.5. The Balaban J connectivity index is 1.51. The summed E-state index contributed by atoms with van der Waals surface area (Å²) in [5, 5.41) is 15.5. The van der Waals surface area contributed by atoms with E-state index in [0.29, 0.717) is 22.4 Å². The van der Waals surface area contributed by atoms with Crippen molar-refractivity contribution in [1.29, 1.82) is 0 Å². The van der Waals surface area contributed by atoms with Gasteiger partial charge in [-0.05, 0) is 37.5 Å². The number of aromatic nitrogens is 3. The Morgan fingerprint density at radius 2 is 1.88 bits per heavy atom. The minimum atomic E-state index is -1.29. The summed E-state index contributed by atoms with van der Waals surface area (Å²) >= 11 is 5.86. The lowest BCUT2D eigenvalue weighted by Crippen LogP contribution is -2.64. The predicted octanol–water partition coefficient (Wildman–Crippen LogP) is 5.27. The van der Waals surface area contributed by atoms with Crippen LogP contribution in [0.25, 0.3) is 22.4 Å². The number of benzene rings is 1. The van der Waals surface area contributed by atoms with Crippen LogP contribution >= 0.6 is 11.6 Å². The van der Waals surface area contributed by atoms with Crippen molar-refractivity contribution in [3.63, 3.8) is 0 Å². The second-order valence-corrected chi connectivity index (χ2v) is 11.6. The number of anilines is 1. The molecule has 3 aromatic heterocycles. The first-order valence-corrected chi connectivity index (χ1v) is 12.9. The van der Waals surface area contributed by atoms with Crippen molar-refractivity contribution in [1.82, 2.24) is 20.1 Å². The van der Waals surface area contributed by atoms with E-state index in [1.165, 1.54) is 34.1 Å². The van der Waals surface area contributed by atoms with Crippen molar-refractivity contribution >= 4 is 46.3 Å². The zero-order chi connectivity index (χ0) is 29.1. The smallest absolute Gasteiger partial charge is 0.353 e. The van der Waals surface area contributed by atoms with E-state index < -0.39 is 34.6 Å². The van der Waals surface area contributed by atoms with Gasteiger partial charge in [-0.3, -0.25) is 19.6 Å². The molecule has 12 heteroatoms. The Bertz CT molecular complexity index is 1690. The number of carboxylic acids is 1. The van der Waals surface area contributed by atoms with E-state index in [0.717, 1.165) is 5.56 Å². The van der Waals surface area contributed by atoms with Gasteiger partial charge in [-0.1, -0.05) is 38.4 Å². The Labute approximate surface area is 233 Å². The molecule has 0 aliphatic carbocycles. The minimum Gasteiger partial charge on any atom is -0.477 e. The number of H-pyrrole nitrogens is 1. The molecule has 208 valence electrons. The van der Waals surface area contributed by atoms with E-state index in [1.54, 1.807) is 19.9 Å². The summed E-state index contributed by atoms with van der Waals surface area (Å²) in [5.74, 6) is -2.51. The highest BCUT2D eigenvalue weighted by molar-refractivity contribution is 6.30. The Hall–Kier alpha value is -4.25. The van der Waals surface area contributed by atoms with Gasteiger partial charge >= 0.3 is 5.97 Å². The van der Waals surface area contributed by atoms with Crippen LogP contribution in [0, 0.1) is 5.82 Å². The number of furan rings is 1. The number of rotatable bonds is 4. The Morgan fingerprint density at radius 3 is 2.50 bits per heavy atom. The summed E-state index contributed by atoms with van der Waals surface area (Å²) in [6.07, 6.45) is 0. The Kier molecular flexibility index (Phi) is 6.45. The first-order valence-electron chi connectivity index (χ1n) is 12.5. The van der Waals surface area contributed by atoms with Gasteiger partial charge in [-0.2, -0.15) is 5.10 Å². The number of fused-ring (bicyclic) bond motifs is 1. The second kappa shape index (κ2) is 9.44. The second-order valence-electron chi connectivity index (χ2n) is 11.2. The van der Waals surface area contributed by atoms with Gasteiger partial charge in [0.15, 0.2) is 17.2 Å². The number of hydrogen-bond donors (Lipinski definition) is 2. The number of nitrogens with one attached hydrogen (secondary N) is 1. The lowest BCUT2D eigenvalue weighted by molar-refractivity contribution is -0.129. The fourth-order valence-corrected chi connectivity index (χ4v) is 4.90. The monoisotopic (exact) mass is 567 g/mol. The molecule has 1 saturated heterocycles. The third-order valence-corrected chi connectivity index (χ3v) is 7.33. The predicted molar refractivity (Wildman–Crippen MR) is 146 cm³/mol. The van der Waals surface area contributed by atoms with E-state index in [4.69, 9.17) is 16.0 Å². The molecule has 1 aliphatic rings. The van der Waals surface area contributed by atoms with E-state index in [2.05, 4.69) is 15.2 Å². The molecule has 2 N–H and O–H groups in total. The van der Waals surface area contributed by atoms with Crippen LogP contribution in [-0.2, 0) is 10.2 Å². The van der Waals surface area contributed by atoms with E-state index >= 15 is 0 Å². The molecule has 1 aliphatic heterocycles. The number of hydrogen-bond acceptors (Lipinski definition) is 6. The Morgan fingerprint density at radius 1 is 1.15 bits per heavy atom. The molecule has 1 aromatic carbocycles. The van der Waals surface area contributed by atoms with Gasteiger partial charge in [0, 0.05) is 36.3 Å². The van der Waals surface area contributed by atoms with Crippen LogP contribution in [0.5, 0.6) is 0 Å². The molecule has 5 rings (SSSR count). The number of pyridine rings is 1. The van der Waals surface area contributed by atoms with Crippen molar-refractivity contribution in [2.24, 2.45) is 0 Å². The largest absolute Gasteiger partial charge is 0.477 e. The topological polar surface area (TPSA) is 133 Å². The number of carbonyl (C=O) groups is 3. The van der Waals surface area contributed by atoms with Crippen LogP contribution in [0.15, 0.2) is 40.8 Å². The summed E-state index contributed by atoms with van der Waals surface area (Å²) in [7, 11) is 0. The van der Waals surface area contributed by atoms with Crippen molar-refractivity contribution in [2.45, 2.75) is 45.6 Å². The van der Waals surface area contributed by atoms with Crippen LogP contribution in [-0.4, -0.2) is 61.6 Å². The first-order chi connectivity index (χ1) is 18.7.